The van der Waals surface area contributed by atoms with Crippen LogP contribution >= 0.6 is 0 Å². The van der Waals surface area contributed by atoms with Crippen molar-refractivity contribution in [1.29, 1.82) is 0 Å². The number of anilines is 1. The van der Waals surface area contributed by atoms with E-state index in [1.165, 1.54) is 0 Å². The summed E-state index contributed by atoms with van der Waals surface area (Å²) in [6.45, 7) is 6.18. The highest BCUT2D eigenvalue weighted by Gasteiger charge is 2.29. The molecule has 7 nitrogen and oxygen atoms in total. The number of carbonyl (C=O) groups excluding carboxylic acids is 2. The third-order valence-corrected chi connectivity index (χ3v) is 5.40. The molecule has 2 aliphatic rings. The first-order valence-corrected chi connectivity index (χ1v) is 9.70. The van der Waals surface area contributed by atoms with E-state index in [2.05, 4.69) is 16.8 Å². The molecule has 0 aromatic heterocycles. The summed E-state index contributed by atoms with van der Waals surface area (Å²) < 4.78 is 5.36. The van der Waals surface area contributed by atoms with Crippen molar-refractivity contribution in [3.63, 3.8) is 0 Å². The van der Waals surface area contributed by atoms with Gasteiger partial charge in [0.15, 0.2) is 0 Å². The van der Waals surface area contributed by atoms with Gasteiger partial charge in [-0.05, 0) is 38.7 Å². The zero-order chi connectivity index (χ0) is 19.2. The molecule has 2 fully saturated rings. The van der Waals surface area contributed by atoms with Crippen molar-refractivity contribution in [2.75, 3.05) is 71.4 Å². The maximum Gasteiger partial charge on any atom is 0.246 e. The first-order chi connectivity index (χ1) is 13.1. The normalized spacial score (nSPS) is 19.9. The fraction of sp³-hybridized carbons (Fsp3) is 0.600. The molecule has 2 amide bonds. The van der Waals surface area contributed by atoms with Crippen molar-refractivity contribution in [3.05, 3.63) is 24.3 Å². The molecule has 0 radical (unpaired) electrons. The van der Waals surface area contributed by atoms with Crippen LogP contribution in [-0.2, 0) is 9.59 Å². The fourth-order valence-corrected chi connectivity index (χ4v) is 3.73. The second-order valence-electron chi connectivity index (χ2n) is 7.28. The lowest BCUT2D eigenvalue weighted by molar-refractivity contribution is -0.137. The molecule has 0 atom stereocenters. The van der Waals surface area contributed by atoms with E-state index in [9.17, 15) is 9.59 Å². The molecular weight excluding hydrogens is 344 g/mol. The zero-order valence-electron chi connectivity index (χ0n) is 16.4. The topological polar surface area (TPSA) is 56.3 Å². The summed E-state index contributed by atoms with van der Waals surface area (Å²) in [6.07, 6.45) is 1.62. The second-order valence-corrected chi connectivity index (χ2v) is 7.28. The Hall–Kier alpha value is -2.12. The Morgan fingerprint density at radius 1 is 1.07 bits per heavy atom. The van der Waals surface area contributed by atoms with E-state index in [0.717, 1.165) is 44.8 Å². The first-order valence-electron chi connectivity index (χ1n) is 9.70. The van der Waals surface area contributed by atoms with Crippen LogP contribution in [0.1, 0.15) is 12.8 Å². The van der Waals surface area contributed by atoms with Gasteiger partial charge in [-0.15, -0.1) is 0 Å². The third-order valence-electron chi connectivity index (χ3n) is 5.40. The van der Waals surface area contributed by atoms with Crippen LogP contribution in [0.4, 0.5) is 5.69 Å². The van der Waals surface area contributed by atoms with Crippen molar-refractivity contribution >= 4 is 17.5 Å². The number of carbonyl (C=O) groups is 2. The maximum absolute atomic E-state index is 12.6. The quantitative estimate of drug-likeness (QED) is 0.766. The van der Waals surface area contributed by atoms with Crippen molar-refractivity contribution in [2.24, 2.45) is 0 Å². The minimum atomic E-state index is -0.0597. The van der Waals surface area contributed by atoms with Gasteiger partial charge in [-0.1, -0.05) is 12.1 Å². The molecule has 0 aliphatic carbocycles. The van der Waals surface area contributed by atoms with Crippen LogP contribution in [0.3, 0.4) is 0 Å². The highest BCUT2D eigenvalue weighted by atomic mass is 16.5. The molecule has 2 saturated heterocycles. The summed E-state index contributed by atoms with van der Waals surface area (Å²) in [7, 11) is 3.74. The molecule has 3 rings (SSSR count). The Morgan fingerprint density at radius 3 is 2.67 bits per heavy atom. The summed E-state index contributed by atoms with van der Waals surface area (Å²) in [6, 6.07) is 7.50. The van der Waals surface area contributed by atoms with Gasteiger partial charge in [0.25, 0.3) is 0 Å². The smallest absolute Gasteiger partial charge is 0.246 e. The summed E-state index contributed by atoms with van der Waals surface area (Å²) in [5.41, 5.74) is 0.769. The molecule has 2 heterocycles. The van der Waals surface area contributed by atoms with E-state index >= 15 is 0 Å². The van der Waals surface area contributed by atoms with Gasteiger partial charge in [-0.3, -0.25) is 9.59 Å². The van der Waals surface area contributed by atoms with E-state index in [-0.39, 0.29) is 18.4 Å². The number of benzene rings is 1. The minimum absolute atomic E-state index is 0.0597. The number of hydrogen-bond acceptors (Lipinski definition) is 5. The van der Waals surface area contributed by atoms with Crippen LogP contribution in [0.5, 0.6) is 5.75 Å². The van der Waals surface area contributed by atoms with Gasteiger partial charge in [0.1, 0.15) is 12.3 Å². The van der Waals surface area contributed by atoms with Crippen LogP contribution in [0.2, 0.25) is 0 Å². The molecule has 1 aromatic carbocycles. The highest BCUT2D eigenvalue weighted by molar-refractivity contribution is 5.99. The van der Waals surface area contributed by atoms with Crippen molar-refractivity contribution in [3.8, 4) is 5.75 Å². The van der Waals surface area contributed by atoms with E-state index in [1.54, 1.807) is 16.9 Å². The second kappa shape index (κ2) is 9.19. The van der Waals surface area contributed by atoms with Crippen molar-refractivity contribution < 1.29 is 14.3 Å². The maximum atomic E-state index is 12.6. The lowest BCUT2D eigenvalue weighted by atomic mass is 10.2. The van der Waals surface area contributed by atoms with Gasteiger partial charge in [0.2, 0.25) is 11.8 Å². The number of nitrogens with zero attached hydrogens (tertiary/aromatic N) is 4. The molecule has 0 unspecified atom stereocenters. The fourth-order valence-electron chi connectivity index (χ4n) is 3.73. The monoisotopic (exact) mass is 374 g/mol. The first kappa shape index (κ1) is 19.6. The van der Waals surface area contributed by atoms with Gasteiger partial charge in [0.05, 0.1) is 12.8 Å². The van der Waals surface area contributed by atoms with Gasteiger partial charge >= 0.3 is 0 Å². The van der Waals surface area contributed by atoms with Crippen molar-refractivity contribution in [2.45, 2.75) is 12.8 Å². The number of hydrogen-bond donors (Lipinski definition) is 0. The Bertz CT molecular complexity index is 666. The molecule has 7 heteroatoms. The summed E-state index contributed by atoms with van der Waals surface area (Å²) in [4.78, 5) is 33.3. The van der Waals surface area contributed by atoms with Gasteiger partial charge in [-0.2, -0.15) is 0 Å². The standard InChI is InChI=1S/C20H30N4O3/c1-21-9-5-10-22(13-12-21)11-8-19(25)23-14-15-24(20(26)16-23)17-6-3-4-7-18(17)27-2/h3-4,6-7H,5,8-16H2,1-2H3. The molecule has 0 N–H and O–H groups in total. The Morgan fingerprint density at radius 2 is 1.89 bits per heavy atom. The number of para-hydroxylation sites is 2. The van der Waals surface area contributed by atoms with E-state index in [0.29, 0.717) is 25.3 Å². The third kappa shape index (κ3) is 4.99. The van der Waals surface area contributed by atoms with Gasteiger partial charge in [0, 0.05) is 39.1 Å². The van der Waals surface area contributed by atoms with Crippen LogP contribution in [-0.4, -0.2) is 93.0 Å². The lowest BCUT2D eigenvalue weighted by Crippen LogP contribution is -2.52. The van der Waals surface area contributed by atoms with Crippen LogP contribution in [0.25, 0.3) is 0 Å². The number of ether oxygens (including phenoxy) is 1. The van der Waals surface area contributed by atoms with E-state index in [1.807, 2.05) is 24.3 Å². The zero-order valence-corrected chi connectivity index (χ0v) is 16.4. The Labute approximate surface area is 161 Å². The van der Waals surface area contributed by atoms with E-state index in [4.69, 9.17) is 4.74 Å². The summed E-state index contributed by atoms with van der Waals surface area (Å²) in [5, 5.41) is 0. The molecular formula is C20H30N4O3. The number of amides is 2. The van der Waals surface area contributed by atoms with Crippen LogP contribution in [0.15, 0.2) is 24.3 Å². The molecule has 0 spiro atoms. The van der Waals surface area contributed by atoms with Crippen molar-refractivity contribution in [1.82, 2.24) is 14.7 Å². The molecule has 2 aliphatic heterocycles. The summed E-state index contributed by atoms with van der Waals surface area (Å²) in [5.74, 6) is 0.688. The molecule has 148 valence electrons. The van der Waals surface area contributed by atoms with Crippen LogP contribution < -0.4 is 9.64 Å². The van der Waals surface area contributed by atoms with Crippen LogP contribution in [0, 0.1) is 0 Å². The molecule has 0 bridgehead atoms. The van der Waals surface area contributed by atoms with Gasteiger partial charge in [-0.25, -0.2) is 0 Å². The predicted molar refractivity (Wildman–Crippen MR) is 105 cm³/mol. The van der Waals surface area contributed by atoms with E-state index < -0.39 is 0 Å². The SMILES string of the molecule is COc1ccccc1N1CCN(C(=O)CCN2CCCN(C)CC2)CC1=O. The lowest BCUT2D eigenvalue weighted by Gasteiger charge is -2.35. The molecule has 1 aromatic rings. The number of likely N-dealkylation sites (N-methyl/N-ethyl adjacent to an activating group) is 1. The predicted octanol–water partition coefficient (Wildman–Crippen LogP) is 0.898. The Kier molecular flexibility index (Phi) is 6.68. The largest absolute Gasteiger partial charge is 0.495 e. The number of methoxy groups -OCH3 is 1. The molecule has 0 saturated carbocycles. The summed E-state index contributed by atoms with van der Waals surface area (Å²) >= 11 is 0. The molecule has 27 heavy (non-hydrogen) atoms. The van der Waals surface area contributed by atoms with Gasteiger partial charge < -0.3 is 24.3 Å². The minimum Gasteiger partial charge on any atom is -0.495 e. The average molecular weight is 374 g/mol. The number of rotatable bonds is 5. The Balaban J connectivity index is 1.51. The highest BCUT2D eigenvalue weighted by Crippen LogP contribution is 2.28. The number of piperazine rings is 1. The average Bonchev–Trinajstić information content (AvgIpc) is 2.90.